The average molecular weight is 564 g/mol. The highest BCUT2D eigenvalue weighted by molar-refractivity contribution is 5.97. The maximum Gasteiger partial charge on any atom is 0.407 e. The molecule has 1 aliphatic rings. The summed E-state index contributed by atoms with van der Waals surface area (Å²) in [5.74, 6) is -1.26. The molecule has 42 heavy (non-hydrogen) atoms. The number of nitrogens with one attached hydrogen (secondary N) is 2. The van der Waals surface area contributed by atoms with Crippen molar-refractivity contribution in [3.63, 3.8) is 0 Å². The monoisotopic (exact) mass is 563 g/mol. The number of nitrogens with two attached hydrogens (primary N) is 1. The fourth-order valence-electron chi connectivity index (χ4n) is 5.30. The Labute approximate surface area is 244 Å². The predicted molar refractivity (Wildman–Crippen MR) is 161 cm³/mol. The highest BCUT2D eigenvalue weighted by Gasteiger charge is 2.32. The molecule has 0 unspecified atom stereocenters. The first-order chi connectivity index (χ1) is 20.4. The number of carbonyl (C=O) groups excluding carboxylic acids is 3. The Morgan fingerprint density at radius 2 is 1.33 bits per heavy atom. The number of hydrogen-bond donors (Lipinski definition) is 3. The van der Waals surface area contributed by atoms with Gasteiger partial charge >= 0.3 is 12.1 Å². The molecule has 2 amide bonds. The second kappa shape index (κ2) is 12.7. The van der Waals surface area contributed by atoms with Gasteiger partial charge in [-0.1, -0.05) is 84.9 Å². The van der Waals surface area contributed by atoms with Gasteiger partial charge in [0, 0.05) is 18.0 Å². The maximum absolute atomic E-state index is 13.1. The molecule has 5 rings (SSSR count). The third-order valence-corrected chi connectivity index (χ3v) is 7.60. The Hall–Kier alpha value is -4.95. The van der Waals surface area contributed by atoms with E-state index < -0.39 is 30.1 Å². The third kappa shape index (κ3) is 6.04. The summed E-state index contributed by atoms with van der Waals surface area (Å²) in [5, 5.41) is 5.37. The fraction of sp³-hybridized carbons (Fsp3) is 0.206. The lowest BCUT2D eigenvalue weighted by Crippen LogP contribution is -2.54. The van der Waals surface area contributed by atoms with E-state index in [0.717, 1.165) is 38.9 Å². The maximum atomic E-state index is 13.1. The van der Waals surface area contributed by atoms with Gasteiger partial charge in [0.1, 0.15) is 12.6 Å². The molecule has 0 bridgehead atoms. The first-order valence-corrected chi connectivity index (χ1v) is 13.8. The molecule has 214 valence electrons. The Bertz CT molecular complexity index is 1540. The minimum absolute atomic E-state index is 0.101. The lowest BCUT2D eigenvalue weighted by Gasteiger charge is -2.24. The van der Waals surface area contributed by atoms with Gasteiger partial charge in [0.05, 0.1) is 13.2 Å². The molecule has 0 aliphatic heterocycles. The summed E-state index contributed by atoms with van der Waals surface area (Å²) < 4.78 is 10.5. The van der Waals surface area contributed by atoms with E-state index in [-0.39, 0.29) is 12.5 Å². The van der Waals surface area contributed by atoms with E-state index >= 15 is 0 Å². The molecule has 8 heteroatoms. The van der Waals surface area contributed by atoms with Gasteiger partial charge in [-0.25, -0.2) is 9.59 Å². The second-order valence-corrected chi connectivity index (χ2v) is 10.2. The zero-order valence-electron chi connectivity index (χ0n) is 23.5. The molecule has 4 aromatic rings. The van der Waals surface area contributed by atoms with Crippen LogP contribution in [0.4, 0.5) is 4.79 Å². The van der Waals surface area contributed by atoms with E-state index in [1.807, 2.05) is 72.8 Å². The van der Waals surface area contributed by atoms with E-state index in [1.165, 1.54) is 7.11 Å². The molecule has 4 aromatic carbocycles. The number of carbonyl (C=O) groups is 3. The summed E-state index contributed by atoms with van der Waals surface area (Å²) >= 11 is 0. The lowest BCUT2D eigenvalue weighted by atomic mass is 9.98. The van der Waals surface area contributed by atoms with Crippen molar-refractivity contribution in [3.05, 3.63) is 119 Å². The number of alkyl carbamates (subject to hydrolysis) is 1. The van der Waals surface area contributed by atoms with Crippen molar-refractivity contribution < 1.29 is 23.9 Å². The smallest absolute Gasteiger partial charge is 0.407 e. The van der Waals surface area contributed by atoms with Crippen LogP contribution >= 0.6 is 0 Å². The number of fused-ring (bicyclic) bond motifs is 3. The predicted octanol–water partition coefficient (Wildman–Crippen LogP) is 5.01. The van der Waals surface area contributed by atoms with Crippen LogP contribution in [0.25, 0.3) is 22.3 Å². The lowest BCUT2D eigenvalue weighted by molar-refractivity contribution is -0.143. The molecule has 0 fully saturated rings. The molecule has 0 saturated heterocycles. The van der Waals surface area contributed by atoms with Gasteiger partial charge in [-0.3, -0.25) is 4.79 Å². The van der Waals surface area contributed by atoms with E-state index in [1.54, 1.807) is 19.1 Å². The van der Waals surface area contributed by atoms with Crippen molar-refractivity contribution in [2.45, 2.75) is 31.5 Å². The first kappa shape index (κ1) is 28.6. The van der Waals surface area contributed by atoms with Crippen molar-refractivity contribution >= 4 is 18.0 Å². The van der Waals surface area contributed by atoms with Crippen LogP contribution in [-0.2, 0) is 20.8 Å². The van der Waals surface area contributed by atoms with Crippen LogP contribution in [0.2, 0.25) is 0 Å². The minimum atomic E-state index is -1.13. The van der Waals surface area contributed by atoms with Gasteiger partial charge in [-0.2, -0.15) is 0 Å². The van der Waals surface area contributed by atoms with E-state index in [2.05, 4.69) is 22.8 Å². The summed E-state index contributed by atoms with van der Waals surface area (Å²) in [5.41, 5.74) is 13.4. The summed E-state index contributed by atoms with van der Waals surface area (Å²) in [6, 6.07) is 29.1. The molecule has 4 N–H and O–H groups in total. The molecule has 1 aliphatic carbocycles. The standard InChI is InChI=1S/C34H33N3O5/c1-21(36-34(40)42-20-30-28-9-5-3-7-26(28)27-8-4-6-10-29(27)30)31(33(39)41-2)37-32(38)25-17-15-24(16-18-25)23-13-11-22(19-35)12-14-23/h3-18,21,30-31H,19-20,35H2,1-2H3,(H,36,40)(H,37,38)/t21-,31+/m1/s1. The van der Waals surface area contributed by atoms with Crippen molar-refractivity contribution in [2.75, 3.05) is 13.7 Å². The van der Waals surface area contributed by atoms with Crippen molar-refractivity contribution in [1.29, 1.82) is 0 Å². The van der Waals surface area contributed by atoms with Gasteiger partial charge in [-0.15, -0.1) is 0 Å². The molecule has 8 nitrogen and oxygen atoms in total. The van der Waals surface area contributed by atoms with E-state index in [9.17, 15) is 14.4 Å². The van der Waals surface area contributed by atoms with Gasteiger partial charge in [0.15, 0.2) is 0 Å². The topological polar surface area (TPSA) is 120 Å². The summed E-state index contributed by atoms with van der Waals surface area (Å²) in [4.78, 5) is 38.5. The van der Waals surface area contributed by atoms with Crippen molar-refractivity contribution in [2.24, 2.45) is 5.73 Å². The molecular weight excluding hydrogens is 530 g/mol. The SMILES string of the molecule is COC(=O)[C@@H](NC(=O)c1ccc(-c2ccc(CN)cc2)cc1)[C@@H](C)NC(=O)OCC1c2ccccc2-c2ccccc21. The fourth-order valence-corrected chi connectivity index (χ4v) is 5.30. The van der Waals surface area contributed by atoms with Crippen LogP contribution in [0.15, 0.2) is 97.1 Å². The Morgan fingerprint density at radius 1 is 0.786 bits per heavy atom. The van der Waals surface area contributed by atoms with Gasteiger partial charge < -0.3 is 25.8 Å². The largest absolute Gasteiger partial charge is 0.467 e. The van der Waals surface area contributed by atoms with Crippen LogP contribution < -0.4 is 16.4 Å². The third-order valence-electron chi connectivity index (χ3n) is 7.60. The van der Waals surface area contributed by atoms with Gasteiger partial charge in [0.25, 0.3) is 5.91 Å². The molecule has 0 radical (unpaired) electrons. The minimum Gasteiger partial charge on any atom is -0.467 e. The first-order valence-electron chi connectivity index (χ1n) is 13.8. The van der Waals surface area contributed by atoms with Crippen LogP contribution in [0.5, 0.6) is 0 Å². The number of ether oxygens (including phenoxy) is 2. The quantitative estimate of drug-likeness (QED) is 0.246. The Morgan fingerprint density at radius 3 is 1.88 bits per heavy atom. The van der Waals surface area contributed by atoms with E-state index in [0.29, 0.717) is 12.1 Å². The van der Waals surface area contributed by atoms with Crippen LogP contribution in [0.1, 0.15) is 39.9 Å². The summed E-state index contributed by atoms with van der Waals surface area (Å²) in [7, 11) is 1.23. The highest BCUT2D eigenvalue weighted by Crippen LogP contribution is 2.44. The second-order valence-electron chi connectivity index (χ2n) is 10.2. The molecule has 0 heterocycles. The molecule has 0 spiro atoms. The average Bonchev–Trinajstić information content (AvgIpc) is 3.35. The summed E-state index contributed by atoms with van der Waals surface area (Å²) in [6.07, 6.45) is -0.697. The van der Waals surface area contributed by atoms with Crippen molar-refractivity contribution in [1.82, 2.24) is 10.6 Å². The number of benzene rings is 4. The molecule has 0 saturated carbocycles. The Kier molecular flexibility index (Phi) is 8.64. The van der Waals surface area contributed by atoms with Gasteiger partial charge in [0.2, 0.25) is 0 Å². The van der Waals surface area contributed by atoms with Crippen LogP contribution in [0, 0.1) is 0 Å². The van der Waals surface area contributed by atoms with Crippen molar-refractivity contribution in [3.8, 4) is 22.3 Å². The normalized spacial score (nSPS) is 13.3. The zero-order valence-corrected chi connectivity index (χ0v) is 23.5. The number of amides is 2. The number of esters is 1. The number of hydrogen-bond acceptors (Lipinski definition) is 6. The molecular formula is C34H33N3O5. The number of rotatable bonds is 9. The zero-order chi connectivity index (χ0) is 29.6. The van der Waals surface area contributed by atoms with Gasteiger partial charge in [-0.05, 0) is 58.0 Å². The number of methoxy groups -OCH3 is 1. The van der Waals surface area contributed by atoms with E-state index in [4.69, 9.17) is 15.2 Å². The van der Waals surface area contributed by atoms with Crippen LogP contribution in [-0.4, -0.2) is 43.8 Å². The Balaban J connectivity index is 1.21. The molecule has 2 atom stereocenters. The summed E-state index contributed by atoms with van der Waals surface area (Å²) in [6.45, 7) is 2.20. The highest BCUT2D eigenvalue weighted by atomic mass is 16.5. The molecule has 0 aromatic heterocycles. The van der Waals surface area contributed by atoms with Crippen LogP contribution in [0.3, 0.4) is 0 Å².